The molecule has 1 amide bonds. The first-order chi connectivity index (χ1) is 11.6. The predicted octanol–water partition coefficient (Wildman–Crippen LogP) is 1.23. The number of nitrogens with one attached hydrogen (secondary N) is 2. The Morgan fingerprint density at radius 2 is 1.88 bits per heavy atom. The van der Waals surface area contributed by atoms with Gasteiger partial charge in [-0.3, -0.25) is 4.79 Å². The first-order valence-electron chi connectivity index (χ1n) is 9.25. The number of carbonyl (C=O) groups is 1. The van der Waals surface area contributed by atoms with Crippen LogP contribution in [0.5, 0.6) is 0 Å². The smallest absolute Gasteiger partial charge is 0.275 e. The second kappa shape index (κ2) is 7.97. The number of carbonyl (C=O) groups excluding carboxylic acids is 1. The highest BCUT2D eigenvalue weighted by atomic mass is 19.1. The van der Waals surface area contributed by atoms with Gasteiger partial charge < -0.3 is 15.1 Å². The van der Waals surface area contributed by atoms with Gasteiger partial charge in [0.15, 0.2) is 6.54 Å². The fraction of sp³-hybridized carbons (Fsp3) is 0.632. The third-order valence-electron chi connectivity index (χ3n) is 5.53. The van der Waals surface area contributed by atoms with Crippen molar-refractivity contribution in [3.63, 3.8) is 0 Å². The molecule has 0 aromatic heterocycles. The molecule has 3 rings (SSSR count). The maximum absolute atomic E-state index is 13.0. The molecule has 0 unspecified atom stereocenters. The lowest BCUT2D eigenvalue weighted by Gasteiger charge is -2.34. The lowest BCUT2D eigenvalue weighted by Crippen LogP contribution is -3.16. The molecule has 1 aromatic carbocycles. The molecule has 4 nitrogen and oxygen atoms in total. The zero-order valence-corrected chi connectivity index (χ0v) is 14.6. The largest absolute Gasteiger partial charge is 0.360 e. The summed E-state index contributed by atoms with van der Waals surface area (Å²) in [6, 6.07) is 7.04. The molecular weight excluding hydrogens is 305 g/mol. The van der Waals surface area contributed by atoms with E-state index >= 15 is 0 Å². The van der Waals surface area contributed by atoms with Crippen LogP contribution in [-0.2, 0) is 4.79 Å². The summed E-state index contributed by atoms with van der Waals surface area (Å²) >= 11 is 0. The van der Waals surface area contributed by atoms with Crippen LogP contribution in [0.1, 0.15) is 32.6 Å². The third-order valence-corrected chi connectivity index (χ3v) is 5.53. The van der Waals surface area contributed by atoms with Gasteiger partial charge in [-0.05, 0) is 43.0 Å². The first kappa shape index (κ1) is 17.2. The molecule has 1 saturated heterocycles. The van der Waals surface area contributed by atoms with Crippen LogP contribution >= 0.6 is 0 Å². The number of quaternary nitrogens is 1. The van der Waals surface area contributed by atoms with Crippen LogP contribution in [0.15, 0.2) is 24.3 Å². The Labute approximate surface area is 144 Å². The minimum absolute atomic E-state index is 0.194. The topological polar surface area (TPSA) is 36.8 Å². The van der Waals surface area contributed by atoms with Crippen LogP contribution in [0.3, 0.4) is 0 Å². The fourth-order valence-corrected chi connectivity index (χ4v) is 3.93. The number of anilines is 1. The molecule has 1 heterocycles. The van der Waals surface area contributed by atoms with E-state index in [4.69, 9.17) is 0 Å². The molecule has 5 heteroatoms. The molecule has 132 valence electrons. The molecule has 0 radical (unpaired) electrons. The Morgan fingerprint density at radius 3 is 2.54 bits per heavy atom. The number of benzene rings is 1. The number of rotatable bonds is 4. The molecule has 1 aliphatic heterocycles. The second-order valence-electron chi connectivity index (χ2n) is 7.33. The Bertz CT molecular complexity index is 540. The summed E-state index contributed by atoms with van der Waals surface area (Å²) in [6.07, 6.45) is 4.89. The van der Waals surface area contributed by atoms with Crippen molar-refractivity contribution in [3.8, 4) is 0 Å². The predicted molar refractivity (Wildman–Crippen MR) is 93.7 cm³/mol. The Morgan fingerprint density at radius 1 is 1.21 bits per heavy atom. The molecule has 0 spiro atoms. The summed E-state index contributed by atoms with van der Waals surface area (Å²) in [5.41, 5.74) is 1.07. The van der Waals surface area contributed by atoms with Gasteiger partial charge in [-0.15, -0.1) is 0 Å². The molecule has 0 bridgehead atoms. The Kier molecular flexibility index (Phi) is 5.72. The lowest BCUT2D eigenvalue weighted by atomic mass is 9.86. The average molecular weight is 334 g/mol. The Balaban J connectivity index is 1.43. The molecule has 2 N–H and O–H groups in total. The molecule has 1 aliphatic carbocycles. The SMILES string of the molecule is C[C@@H]1CCCC[C@H]1NC(=O)C[NH+]1CCN(c2ccc(F)cc2)CC1. The van der Waals surface area contributed by atoms with Gasteiger partial charge in [-0.1, -0.05) is 19.8 Å². The molecule has 1 aromatic rings. The highest BCUT2D eigenvalue weighted by molar-refractivity contribution is 5.77. The van der Waals surface area contributed by atoms with Crippen molar-refractivity contribution >= 4 is 11.6 Å². The van der Waals surface area contributed by atoms with E-state index in [1.54, 1.807) is 0 Å². The molecule has 2 atom stereocenters. The van der Waals surface area contributed by atoms with Gasteiger partial charge >= 0.3 is 0 Å². The third kappa shape index (κ3) is 4.47. The zero-order valence-electron chi connectivity index (χ0n) is 14.6. The van der Waals surface area contributed by atoms with Gasteiger partial charge in [0.05, 0.1) is 26.2 Å². The minimum atomic E-state index is -0.198. The highest BCUT2D eigenvalue weighted by Gasteiger charge is 2.26. The van der Waals surface area contributed by atoms with Gasteiger partial charge in [0.25, 0.3) is 5.91 Å². The Hall–Kier alpha value is -1.62. The van der Waals surface area contributed by atoms with E-state index < -0.39 is 0 Å². The van der Waals surface area contributed by atoms with Crippen LogP contribution in [0.2, 0.25) is 0 Å². The summed E-state index contributed by atoms with van der Waals surface area (Å²) in [5.74, 6) is 0.601. The van der Waals surface area contributed by atoms with E-state index in [1.807, 2.05) is 12.1 Å². The van der Waals surface area contributed by atoms with Gasteiger partial charge in [-0.2, -0.15) is 0 Å². The maximum atomic E-state index is 13.0. The molecule has 2 aliphatic rings. The van der Waals surface area contributed by atoms with Crippen molar-refractivity contribution in [1.29, 1.82) is 0 Å². The van der Waals surface area contributed by atoms with E-state index in [0.29, 0.717) is 18.5 Å². The second-order valence-corrected chi connectivity index (χ2v) is 7.33. The van der Waals surface area contributed by atoms with Crippen LogP contribution in [0.25, 0.3) is 0 Å². The number of amides is 1. The van der Waals surface area contributed by atoms with Crippen molar-refractivity contribution in [1.82, 2.24) is 5.32 Å². The number of nitrogens with zero attached hydrogens (tertiary/aromatic N) is 1. The zero-order chi connectivity index (χ0) is 16.9. The highest BCUT2D eigenvalue weighted by Crippen LogP contribution is 2.23. The number of halogens is 1. The van der Waals surface area contributed by atoms with Gasteiger partial charge in [0, 0.05) is 11.7 Å². The van der Waals surface area contributed by atoms with Crippen LogP contribution in [-0.4, -0.2) is 44.7 Å². The standard InChI is InChI=1S/C19H28FN3O/c1-15-4-2-3-5-18(15)21-19(24)14-22-10-12-23(13-11-22)17-8-6-16(20)7-9-17/h6-9,15,18H,2-5,10-14H2,1H3,(H,21,24)/p+1/t15-,18-/m1/s1. The minimum Gasteiger partial charge on any atom is -0.360 e. The number of piperazine rings is 1. The summed E-state index contributed by atoms with van der Waals surface area (Å²) < 4.78 is 13.0. The van der Waals surface area contributed by atoms with E-state index in [-0.39, 0.29) is 11.7 Å². The lowest BCUT2D eigenvalue weighted by molar-refractivity contribution is -0.892. The van der Waals surface area contributed by atoms with Crippen molar-refractivity contribution in [2.75, 3.05) is 37.6 Å². The van der Waals surface area contributed by atoms with Gasteiger partial charge in [-0.25, -0.2) is 4.39 Å². The normalized spacial score (nSPS) is 25.5. The van der Waals surface area contributed by atoms with Crippen molar-refractivity contribution in [3.05, 3.63) is 30.1 Å². The van der Waals surface area contributed by atoms with Gasteiger partial charge in [0.1, 0.15) is 5.82 Å². The molecule has 1 saturated carbocycles. The van der Waals surface area contributed by atoms with E-state index in [0.717, 1.165) is 38.3 Å². The summed E-state index contributed by atoms with van der Waals surface area (Å²) in [6.45, 7) is 6.54. The van der Waals surface area contributed by atoms with E-state index in [1.165, 1.54) is 36.3 Å². The van der Waals surface area contributed by atoms with E-state index in [9.17, 15) is 9.18 Å². The average Bonchev–Trinajstić information content (AvgIpc) is 2.58. The van der Waals surface area contributed by atoms with Crippen LogP contribution in [0.4, 0.5) is 10.1 Å². The summed E-state index contributed by atoms with van der Waals surface area (Å²) in [5, 5.41) is 3.25. The number of hydrogen-bond acceptors (Lipinski definition) is 2. The molecular formula is C19H29FN3O+. The monoisotopic (exact) mass is 334 g/mol. The van der Waals surface area contributed by atoms with Crippen molar-refractivity contribution < 1.29 is 14.1 Å². The first-order valence-corrected chi connectivity index (χ1v) is 9.25. The van der Waals surface area contributed by atoms with Gasteiger partial charge in [0.2, 0.25) is 0 Å². The summed E-state index contributed by atoms with van der Waals surface area (Å²) in [4.78, 5) is 15.9. The fourth-order valence-electron chi connectivity index (χ4n) is 3.93. The van der Waals surface area contributed by atoms with Crippen molar-refractivity contribution in [2.24, 2.45) is 5.92 Å². The summed E-state index contributed by atoms with van der Waals surface area (Å²) in [7, 11) is 0. The number of hydrogen-bond donors (Lipinski definition) is 2. The van der Waals surface area contributed by atoms with Crippen LogP contribution < -0.4 is 15.1 Å². The quantitative estimate of drug-likeness (QED) is 0.869. The van der Waals surface area contributed by atoms with Crippen molar-refractivity contribution in [2.45, 2.75) is 38.6 Å². The molecule has 24 heavy (non-hydrogen) atoms. The van der Waals surface area contributed by atoms with E-state index in [2.05, 4.69) is 17.1 Å². The van der Waals surface area contributed by atoms with Crippen LogP contribution in [0, 0.1) is 11.7 Å². The maximum Gasteiger partial charge on any atom is 0.275 e. The molecule has 2 fully saturated rings.